The van der Waals surface area contributed by atoms with Crippen molar-refractivity contribution in [1.82, 2.24) is 9.55 Å². The van der Waals surface area contributed by atoms with E-state index in [-0.39, 0.29) is 28.6 Å². The van der Waals surface area contributed by atoms with Gasteiger partial charge in [-0.25, -0.2) is 9.78 Å². The molecular weight excluding hydrogens is 495 g/mol. The number of amides is 1. The van der Waals surface area contributed by atoms with E-state index in [0.29, 0.717) is 16.6 Å². The molecule has 0 fully saturated rings. The molecule has 1 atom stereocenters. The summed E-state index contributed by atoms with van der Waals surface area (Å²) in [5.41, 5.74) is 4.89. The second kappa shape index (κ2) is 9.31. The standard InChI is InChI=1S/C29H28F3N3O3/c1-17-14-19-12-13-35(24(19)23(34-17)25(36)37)28(26(33)38,21-6-5-7-22(15-21)29(30,31)32)16-18-8-10-20(11-9-18)27(2,3)4/h5-15H,16H2,1-4H3,(H2,33,38)(H,36,37). The maximum atomic E-state index is 13.7. The van der Waals surface area contributed by atoms with E-state index in [1.54, 1.807) is 31.2 Å². The fourth-order valence-electron chi connectivity index (χ4n) is 4.81. The van der Waals surface area contributed by atoms with Crippen molar-refractivity contribution < 1.29 is 27.9 Å². The average Bonchev–Trinajstić information content (AvgIpc) is 3.25. The number of hydrogen-bond acceptors (Lipinski definition) is 3. The summed E-state index contributed by atoms with van der Waals surface area (Å²) in [7, 11) is 0. The van der Waals surface area contributed by atoms with Crippen molar-refractivity contribution in [2.75, 3.05) is 0 Å². The summed E-state index contributed by atoms with van der Waals surface area (Å²) in [5.74, 6) is -2.28. The highest BCUT2D eigenvalue weighted by Gasteiger charge is 2.44. The third-order valence-electron chi connectivity index (χ3n) is 6.76. The van der Waals surface area contributed by atoms with E-state index in [0.717, 1.165) is 17.7 Å². The molecule has 198 valence electrons. The minimum Gasteiger partial charge on any atom is -0.476 e. The highest BCUT2D eigenvalue weighted by atomic mass is 19.4. The van der Waals surface area contributed by atoms with Crippen LogP contribution >= 0.6 is 0 Å². The van der Waals surface area contributed by atoms with E-state index >= 15 is 0 Å². The van der Waals surface area contributed by atoms with Gasteiger partial charge in [-0.15, -0.1) is 0 Å². The molecule has 2 aromatic heterocycles. The number of carboxylic acid groups (broad SMARTS) is 1. The van der Waals surface area contributed by atoms with Gasteiger partial charge in [-0.05, 0) is 53.3 Å². The Labute approximate surface area is 217 Å². The molecule has 9 heteroatoms. The van der Waals surface area contributed by atoms with Gasteiger partial charge in [0.1, 0.15) is 0 Å². The van der Waals surface area contributed by atoms with Crippen LogP contribution in [-0.4, -0.2) is 26.5 Å². The lowest BCUT2D eigenvalue weighted by molar-refractivity contribution is -0.138. The molecule has 38 heavy (non-hydrogen) atoms. The summed E-state index contributed by atoms with van der Waals surface area (Å²) in [5, 5.41) is 10.4. The van der Waals surface area contributed by atoms with Crippen LogP contribution in [0.25, 0.3) is 10.9 Å². The van der Waals surface area contributed by atoms with Crippen molar-refractivity contribution in [3.05, 3.63) is 101 Å². The number of fused-ring (bicyclic) bond motifs is 1. The molecule has 0 aliphatic rings. The zero-order chi connectivity index (χ0) is 28.0. The zero-order valence-corrected chi connectivity index (χ0v) is 21.4. The van der Waals surface area contributed by atoms with Gasteiger partial charge in [0.05, 0.1) is 11.1 Å². The monoisotopic (exact) mass is 523 g/mol. The Morgan fingerprint density at radius 2 is 1.58 bits per heavy atom. The van der Waals surface area contributed by atoms with E-state index in [9.17, 15) is 27.9 Å². The fourth-order valence-corrected chi connectivity index (χ4v) is 4.81. The fraction of sp³-hybridized carbons (Fsp3) is 0.276. The van der Waals surface area contributed by atoms with E-state index in [4.69, 9.17) is 5.73 Å². The molecule has 6 nitrogen and oxygen atoms in total. The van der Waals surface area contributed by atoms with Crippen LogP contribution in [0.1, 0.15) is 59.2 Å². The number of carbonyl (C=O) groups is 2. The third-order valence-corrected chi connectivity index (χ3v) is 6.76. The molecule has 0 bridgehead atoms. The molecule has 1 unspecified atom stereocenters. The van der Waals surface area contributed by atoms with Crippen molar-refractivity contribution >= 4 is 22.8 Å². The van der Waals surface area contributed by atoms with Gasteiger partial charge >= 0.3 is 12.1 Å². The minimum atomic E-state index is -4.67. The highest BCUT2D eigenvalue weighted by Crippen LogP contribution is 2.39. The van der Waals surface area contributed by atoms with Gasteiger partial charge in [0.15, 0.2) is 11.2 Å². The normalized spacial score (nSPS) is 13.9. The largest absolute Gasteiger partial charge is 0.476 e. The van der Waals surface area contributed by atoms with Crippen LogP contribution in [-0.2, 0) is 28.3 Å². The first-order valence-corrected chi connectivity index (χ1v) is 11.9. The van der Waals surface area contributed by atoms with E-state index in [1.807, 2.05) is 32.9 Å². The van der Waals surface area contributed by atoms with Gasteiger partial charge < -0.3 is 15.4 Å². The number of rotatable bonds is 6. The Kier molecular flexibility index (Phi) is 6.59. The summed E-state index contributed by atoms with van der Waals surface area (Å²) < 4.78 is 42.6. The van der Waals surface area contributed by atoms with Crippen molar-refractivity contribution in [1.29, 1.82) is 0 Å². The van der Waals surface area contributed by atoms with Crippen molar-refractivity contribution in [3.8, 4) is 0 Å². The highest BCUT2D eigenvalue weighted by molar-refractivity contribution is 6.02. The molecule has 3 N–H and O–H groups in total. The van der Waals surface area contributed by atoms with Gasteiger partial charge in [-0.2, -0.15) is 13.2 Å². The summed E-state index contributed by atoms with van der Waals surface area (Å²) in [6.07, 6.45) is -3.31. The average molecular weight is 524 g/mol. The van der Waals surface area contributed by atoms with Gasteiger partial charge in [0.25, 0.3) is 0 Å². The van der Waals surface area contributed by atoms with Gasteiger partial charge in [-0.3, -0.25) is 4.79 Å². The van der Waals surface area contributed by atoms with E-state index < -0.39 is 29.2 Å². The number of nitrogens with zero attached hydrogens (tertiary/aromatic N) is 2. The predicted molar refractivity (Wildman–Crippen MR) is 138 cm³/mol. The van der Waals surface area contributed by atoms with Crippen LogP contribution in [0.2, 0.25) is 0 Å². The van der Waals surface area contributed by atoms with Crippen LogP contribution in [0.5, 0.6) is 0 Å². The number of aromatic nitrogens is 2. The van der Waals surface area contributed by atoms with E-state index in [2.05, 4.69) is 4.98 Å². The molecule has 4 aromatic rings. The molecule has 2 heterocycles. The molecule has 2 aromatic carbocycles. The molecule has 1 amide bonds. The lowest BCUT2D eigenvalue weighted by Crippen LogP contribution is -2.49. The van der Waals surface area contributed by atoms with Crippen LogP contribution in [0.15, 0.2) is 66.9 Å². The Balaban J connectivity index is 2.06. The van der Waals surface area contributed by atoms with Crippen molar-refractivity contribution in [3.63, 3.8) is 0 Å². The number of aromatic carboxylic acids is 1. The molecular formula is C29H28F3N3O3. The van der Waals surface area contributed by atoms with E-state index in [1.165, 1.54) is 22.9 Å². The van der Waals surface area contributed by atoms with Gasteiger partial charge in [0.2, 0.25) is 5.91 Å². The lowest BCUT2D eigenvalue weighted by atomic mass is 9.80. The minimum absolute atomic E-state index is 0.0193. The number of hydrogen-bond donors (Lipinski definition) is 2. The molecule has 0 saturated carbocycles. The first-order chi connectivity index (χ1) is 17.6. The predicted octanol–water partition coefficient (Wildman–Crippen LogP) is 5.83. The Morgan fingerprint density at radius 3 is 2.13 bits per heavy atom. The first-order valence-electron chi connectivity index (χ1n) is 11.9. The summed E-state index contributed by atoms with van der Waals surface area (Å²) >= 11 is 0. The number of aryl methyl sites for hydroxylation is 1. The van der Waals surface area contributed by atoms with Crippen LogP contribution in [0, 0.1) is 6.92 Å². The van der Waals surface area contributed by atoms with Gasteiger partial charge in [-0.1, -0.05) is 57.2 Å². The molecule has 0 spiro atoms. The summed E-state index contributed by atoms with van der Waals surface area (Å²) in [6, 6.07) is 15.1. The first kappa shape index (κ1) is 26.9. The lowest BCUT2D eigenvalue weighted by Gasteiger charge is -2.35. The molecule has 0 aliphatic carbocycles. The third kappa shape index (κ3) is 4.76. The smallest absolute Gasteiger partial charge is 0.416 e. The maximum absolute atomic E-state index is 13.7. The number of carboxylic acids is 1. The summed E-state index contributed by atoms with van der Waals surface area (Å²) in [6.45, 7) is 7.78. The topological polar surface area (TPSA) is 98.2 Å². The second-order valence-corrected chi connectivity index (χ2v) is 10.5. The number of alkyl halides is 3. The maximum Gasteiger partial charge on any atom is 0.416 e. The number of carbonyl (C=O) groups excluding carboxylic acids is 1. The SMILES string of the molecule is Cc1cc2ccn(C(Cc3ccc(C(C)(C)C)cc3)(C(N)=O)c3cccc(C(F)(F)F)c3)c2c(C(=O)O)n1. The zero-order valence-electron chi connectivity index (χ0n) is 21.4. The molecule has 0 aliphatic heterocycles. The molecule has 0 radical (unpaired) electrons. The van der Waals surface area contributed by atoms with Crippen LogP contribution < -0.4 is 5.73 Å². The van der Waals surface area contributed by atoms with Crippen LogP contribution in [0.4, 0.5) is 13.2 Å². The van der Waals surface area contributed by atoms with Crippen LogP contribution in [0.3, 0.4) is 0 Å². The Morgan fingerprint density at radius 1 is 0.947 bits per heavy atom. The van der Waals surface area contributed by atoms with Crippen molar-refractivity contribution in [2.24, 2.45) is 5.73 Å². The number of halogens is 3. The number of nitrogens with two attached hydrogens (primary N) is 1. The molecule has 0 saturated heterocycles. The quantitative estimate of drug-likeness (QED) is 0.332. The number of primary amides is 1. The second-order valence-electron chi connectivity index (χ2n) is 10.5. The summed E-state index contributed by atoms with van der Waals surface area (Å²) in [4.78, 5) is 29.8. The number of pyridine rings is 1. The molecule has 4 rings (SSSR count). The Bertz CT molecular complexity index is 1530. The van der Waals surface area contributed by atoms with Gasteiger partial charge in [0, 0.05) is 23.7 Å². The van der Waals surface area contributed by atoms with Crippen molar-refractivity contribution in [2.45, 2.75) is 51.2 Å². The Hall–Kier alpha value is -4.14. The number of benzene rings is 2.